The van der Waals surface area contributed by atoms with Crippen molar-refractivity contribution < 1.29 is 14.3 Å². The van der Waals surface area contributed by atoms with E-state index < -0.39 is 14.4 Å². The monoisotopic (exact) mass is 382 g/mol. The summed E-state index contributed by atoms with van der Waals surface area (Å²) in [6.07, 6.45) is -1.09. The molecule has 0 saturated heterocycles. The minimum absolute atomic E-state index is 0.162. The fourth-order valence-corrected chi connectivity index (χ4v) is 3.35. The van der Waals surface area contributed by atoms with Gasteiger partial charge in [0.2, 0.25) is 0 Å². The van der Waals surface area contributed by atoms with Crippen LogP contribution in [0.5, 0.6) is 0 Å². The molecule has 2 aromatic rings. The molecule has 27 heavy (non-hydrogen) atoms. The van der Waals surface area contributed by atoms with Gasteiger partial charge in [0.15, 0.2) is 8.32 Å². The lowest BCUT2D eigenvalue weighted by Gasteiger charge is -2.27. The van der Waals surface area contributed by atoms with Crippen LogP contribution in [0, 0.1) is 11.3 Å². The van der Waals surface area contributed by atoms with E-state index in [0.29, 0.717) is 17.7 Å². The number of carbonyl (C=O) groups is 1. The van der Waals surface area contributed by atoms with Gasteiger partial charge in [-0.25, -0.2) is 4.79 Å². The molecule has 2 aromatic carbocycles. The molecule has 0 heterocycles. The summed E-state index contributed by atoms with van der Waals surface area (Å²) in [4.78, 5) is 10.7. The molecule has 0 spiro atoms. The molecule has 0 aliphatic heterocycles. The van der Waals surface area contributed by atoms with Gasteiger partial charge in [0.25, 0.3) is 0 Å². The van der Waals surface area contributed by atoms with Crippen LogP contribution in [0.2, 0.25) is 18.6 Å². The maximum Gasteiger partial charge on any atom is 0.404 e. The van der Waals surface area contributed by atoms with Gasteiger partial charge in [-0.3, -0.25) is 0 Å². The van der Waals surface area contributed by atoms with Crippen LogP contribution in [-0.2, 0) is 17.6 Å². The lowest BCUT2D eigenvalue weighted by molar-refractivity contribution is 0.194. The van der Waals surface area contributed by atoms with Crippen molar-refractivity contribution in [3.63, 3.8) is 0 Å². The quantitative estimate of drug-likeness (QED) is 0.651. The van der Waals surface area contributed by atoms with E-state index in [-0.39, 0.29) is 6.54 Å². The first-order valence-electron chi connectivity index (χ1n) is 8.95. The second-order valence-corrected chi connectivity index (χ2v) is 12.1. The highest BCUT2D eigenvalue weighted by Gasteiger charge is 2.26. The zero-order chi connectivity index (χ0) is 20.0. The zero-order valence-corrected chi connectivity index (χ0v) is 17.2. The lowest BCUT2D eigenvalue weighted by Crippen LogP contribution is -2.33. The average molecular weight is 383 g/mol. The second-order valence-electron chi connectivity index (χ2n) is 7.44. The minimum Gasteiger partial charge on any atom is -0.465 e. The van der Waals surface area contributed by atoms with Crippen LogP contribution in [0.15, 0.2) is 42.5 Å². The van der Waals surface area contributed by atoms with E-state index in [4.69, 9.17) is 9.53 Å². The number of nitriles is 1. The average Bonchev–Trinajstić information content (AvgIpc) is 2.64. The third-order valence-electron chi connectivity index (χ3n) is 4.83. The Morgan fingerprint density at radius 2 is 1.89 bits per heavy atom. The van der Waals surface area contributed by atoms with Crippen LogP contribution in [-0.4, -0.2) is 19.5 Å². The molecule has 142 valence electrons. The molecule has 0 aromatic heterocycles. The summed E-state index contributed by atoms with van der Waals surface area (Å²) >= 11 is 0. The smallest absolute Gasteiger partial charge is 0.404 e. The number of benzene rings is 2. The van der Waals surface area contributed by atoms with Crippen LogP contribution in [0.3, 0.4) is 0 Å². The van der Waals surface area contributed by atoms with Crippen molar-refractivity contribution >= 4 is 14.4 Å². The first-order chi connectivity index (χ1) is 12.7. The van der Waals surface area contributed by atoms with Gasteiger partial charge in [0.1, 0.15) is 0 Å². The summed E-state index contributed by atoms with van der Waals surface area (Å²) in [6, 6.07) is 15.6. The predicted molar refractivity (Wildman–Crippen MR) is 109 cm³/mol. The molecule has 0 fully saturated rings. The van der Waals surface area contributed by atoms with Gasteiger partial charge in [-0.05, 0) is 65.2 Å². The van der Waals surface area contributed by atoms with Gasteiger partial charge in [0, 0.05) is 6.54 Å². The van der Waals surface area contributed by atoms with Gasteiger partial charge in [0.05, 0.1) is 18.2 Å². The Morgan fingerprint density at radius 3 is 2.52 bits per heavy atom. The molecule has 6 heteroatoms. The van der Waals surface area contributed by atoms with Crippen molar-refractivity contribution in [3.8, 4) is 17.2 Å². The predicted octanol–water partition coefficient (Wildman–Crippen LogP) is 5.12. The maximum absolute atomic E-state index is 10.7. The highest BCUT2D eigenvalue weighted by molar-refractivity contribution is 6.72. The third-order valence-corrected chi connectivity index (χ3v) is 8.50. The SMILES string of the molecule is CC(C)[Si](C)(C)OCc1cccc(-c2cc(C#N)cc(CNC(=O)O)c2)c1. The Kier molecular flexibility index (Phi) is 6.78. The second kappa shape index (κ2) is 8.85. The minimum atomic E-state index is -1.71. The molecule has 0 aliphatic rings. The normalized spacial score (nSPS) is 11.3. The van der Waals surface area contributed by atoms with Crippen LogP contribution in [0.1, 0.15) is 30.5 Å². The summed E-state index contributed by atoms with van der Waals surface area (Å²) < 4.78 is 6.21. The maximum atomic E-state index is 10.7. The Hall–Kier alpha value is -2.62. The molecular formula is C21H26N2O3Si. The van der Waals surface area contributed by atoms with Gasteiger partial charge in [-0.15, -0.1) is 0 Å². The summed E-state index contributed by atoms with van der Waals surface area (Å²) in [6.45, 7) is 9.57. The molecule has 5 nitrogen and oxygen atoms in total. The number of rotatable bonds is 7. The number of hydrogen-bond acceptors (Lipinski definition) is 3. The molecule has 0 saturated carbocycles. The van der Waals surface area contributed by atoms with Crippen LogP contribution < -0.4 is 5.32 Å². The molecule has 0 unspecified atom stereocenters. The molecule has 2 rings (SSSR count). The van der Waals surface area contributed by atoms with Crippen molar-refractivity contribution in [2.45, 2.75) is 45.6 Å². The largest absolute Gasteiger partial charge is 0.465 e. The van der Waals surface area contributed by atoms with Crippen LogP contribution in [0.25, 0.3) is 11.1 Å². The molecule has 0 bridgehead atoms. The molecule has 0 atom stereocenters. The van der Waals surface area contributed by atoms with Gasteiger partial charge in [-0.2, -0.15) is 5.26 Å². The van der Waals surface area contributed by atoms with Crippen molar-refractivity contribution in [2.75, 3.05) is 0 Å². The molecule has 0 aliphatic carbocycles. The first-order valence-corrected chi connectivity index (χ1v) is 11.9. The van der Waals surface area contributed by atoms with E-state index in [1.807, 2.05) is 30.3 Å². The van der Waals surface area contributed by atoms with E-state index in [1.54, 1.807) is 6.07 Å². The van der Waals surface area contributed by atoms with Crippen LogP contribution >= 0.6 is 0 Å². The standard InChI is InChI=1S/C21H26N2O3Si/c1-15(2)27(3,4)26-14-16-6-5-7-19(9-16)20-10-17(12-22)8-18(11-20)13-23-21(24)25/h5-11,15,23H,13-14H2,1-4H3,(H,24,25). The fourth-order valence-electron chi connectivity index (χ4n) is 2.48. The Morgan fingerprint density at radius 1 is 1.19 bits per heavy atom. The van der Waals surface area contributed by atoms with Crippen LogP contribution in [0.4, 0.5) is 4.79 Å². The van der Waals surface area contributed by atoms with Crippen molar-refractivity contribution in [1.82, 2.24) is 5.32 Å². The van der Waals surface area contributed by atoms with E-state index in [0.717, 1.165) is 22.3 Å². The Labute approximate surface area is 161 Å². The molecule has 2 N–H and O–H groups in total. The summed E-state index contributed by atoms with van der Waals surface area (Å²) in [5.74, 6) is 0. The van der Waals surface area contributed by atoms with Gasteiger partial charge in [-0.1, -0.05) is 32.0 Å². The summed E-state index contributed by atoms with van der Waals surface area (Å²) in [5.41, 5.74) is 4.75. The van der Waals surface area contributed by atoms with Crippen molar-refractivity contribution in [2.24, 2.45) is 0 Å². The Bertz CT molecular complexity index is 857. The van der Waals surface area contributed by atoms with E-state index >= 15 is 0 Å². The number of nitrogens with one attached hydrogen (secondary N) is 1. The molecular weight excluding hydrogens is 356 g/mol. The molecule has 0 radical (unpaired) electrons. The van der Waals surface area contributed by atoms with Gasteiger partial charge < -0.3 is 14.8 Å². The van der Waals surface area contributed by atoms with Crippen molar-refractivity contribution in [3.05, 3.63) is 59.2 Å². The first kappa shape index (κ1) is 20.7. The highest BCUT2D eigenvalue weighted by atomic mass is 28.4. The Balaban J connectivity index is 2.26. The lowest BCUT2D eigenvalue weighted by atomic mass is 9.98. The van der Waals surface area contributed by atoms with E-state index in [9.17, 15) is 10.1 Å². The number of amides is 1. The number of carboxylic acid groups (broad SMARTS) is 1. The van der Waals surface area contributed by atoms with E-state index in [2.05, 4.69) is 44.4 Å². The third kappa shape index (κ3) is 5.95. The summed E-state index contributed by atoms with van der Waals surface area (Å²) in [5, 5.41) is 20.4. The van der Waals surface area contributed by atoms with Crippen molar-refractivity contribution in [1.29, 1.82) is 5.26 Å². The summed E-state index contributed by atoms with van der Waals surface area (Å²) in [7, 11) is -1.71. The topological polar surface area (TPSA) is 82.3 Å². The zero-order valence-electron chi connectivity index (χ0n) is 16.2. The highest BCUT2D eigenvalue weighted by Crippen LogP contribution is 2.26. The van der Waals surface area contributed by atoms with Gasteiger partial charge >= 0.3 is 6.09 Å². The fraction of sp³-hybridized carbons (Fsp3) is 0.333. The number of nitrogens with zero attached hydrogens (tertiary/aromatic N) is 1. The number of hydrogen-bond donors (Lipinski definition) is 2. The molecule has 1 amide bonds. The van der Waals surface area contributed by atoms with E-state index in [1.165, 1.54) is 0 Å².